The highest BCUT2D eigenvalue weighted by Crippen LogP contribution is 2.34. The molecule has 1 amide bonds. The molecule has 1 fully saturated rings. The van der Waals surface area contributed by atoms with Gasteiger partial charge in [0.25, 0.3) is 5.91 Å². The van der Waals surface area contributed by atoms with Gasteiger partial charge in [0, 0.05) is 30.5 Å². The highest BCUT2D eigenvalue weighted by Gasteiger charge is 2.41. The van der Waals surface area contributed by atoms with E-state index in [9.17, 15) is 18.0 Å². The van der Waals surface area contributed by atoms with Crippen LogP contribution in [0.2, 0.25) is 0 Å². The molecule has 3 aromatic rings. The molecule has 1 aromatic carbocycles. The highest BCUT2D eigenvalue weighted by molar-refractivity contribution is 6.05. The standard InChI is InChI=1S/C22H23F3N6O2/c1-33-19-11-10-18(28-29-19)31-20(22(23,24)25)17(14-26-31)21(32)27-15-6-8-16(9-7-15)30-12-4-2-3-5-13-30/h6-11,14H,2-5,12-13H2,1H3,(H,27,32). The van der Waals surface area contributed by atoms with Gasteiger partial charge in [0.2, 0.25) is 5.88 Å². The van der Waals surface area contributed by atoms with Gasteiger partial charge in [-0.2, -0.15) is 18.3 Å². The molecule has 8 nitrogen and oxygen atoms in total. The number of halogens is 3. The lowest BCUT2D eigenvalue weighted by Crippen LogP contribution is -2.23. The first kappa shape index (κ1) is 22.6. The van der Waals surface area contributed by atoms with Crippen LogP contribution in [-0.2, 0) is 6.18 Å². The van der Waals surface area contributed by atoms with Crippen molar-refractivity contribution in [3.05, 3.63) is 53.9 Å². The molecule has 1 aliphatic heterocycles. The molecule has 1 saturated heterocycles. The average molecular weight is 460 g/mol. The smallest absolute Gasteiger partial charge is 0.434 e. The predicted molar refractivity (Wildman–Crippen MR) is 116 cm³/mol. The van der Waals surface area contributed by atoms with E-state index >= 15 is 0 Å². The second-order valence-electron chi connectivity index (χ2n) is 7.65. The van der Waals surface area contributed by atoms with E-state index in [1.54, 1.807) is 12.1 Å². The molecule has 33 heavy (non-hydrogen) atoms. The number of nitrogens with one attached hydrogen (secondary N) is 1. The van der Waals surface area contributed by atoms with Crippen LogP contribution < -0.4 is 15.0 Å². The summed E-state index contributed by atoms with van der Waals surface area (Å²) in [5, 5.41) is 13.6. The van der Waals surface area contributed by atoms with Gasteiger partial charge in [0.05, 0.1) is 18.9 Å². The van der Waals surface area contributed by atoms with Crippen LogP contribution in [0.3, 0.4) is 0 Å². The second kappa shape index (κ2) is 9.47. The summed E-state index contributed by atoms with van der Waals surface area (Å²) in [6.45, 7) is 1.93. The molecule has 0 bridgehead atoms. The first-order valence-electron chi connectivity index (χ1n) is 10.6. The Morgan fingerprint density at radius 1 is 1.00 bits per heavy atom. The molecule has 1 aliphatic rings. The molecule has 0 spiro atoms. The third-order valence-corrected chi connectivity index (χ3v) is 5.43. The van der Waals surface area contributed by atoms with Crippen LogP contribution in [0.25, 0.3) is 5.82 Å². The Bertz CT molecular complexity index is 1090. The first-order valence-corrected chi connectivity index (χ1v) is 10.6. The van der Waals surface area contributed by atoms with E-state index in [1.807, 2.05) is 12.1 Å². The zero-order valence-electron chi connectivity index (χ0n) is 18.0. The Balaban J connectivity index is 1.56. The third kappa shape index (κ3) is 5.07. The maximum atomic E-state index is 13.8. The Labute approximate surface area is 188 Å². The van der Waals surface area contributed by atoms with Crippen LogP contribution in [0.15, 0.2) is 42.6 Å². The van der Waals surface area contributed by atoms with Crippen LogP contribution >= 0.6 is 0 Å². The number of carbonyl (C=O) groups excluding carboxylic acids is 1. The zero-order chi connectivity index (χ0) is 23.4. The summed E-state index contributed by atoms with van der Waals surface area (Å²) in [6, 6.07) is 9.73. The number of ether oxygens (including phenoxy) is 1. The van der Waals surface area contributed by atoms with Crippen LogP contribution in [0.4, 0.5) is 24.5 Å². The van der Waals surface area contributed by atoms with E-state index in [0.717, 1.165) is 37.8 Å². The van der Waals surface area contributed by atoms with E-state index in [4.69, 9.17) is 4.74 Å². The highest BCUT2D eigenvalue weighted by atomic mass is 19.4. The van der Waals surface area contributed by atoms with Crippen molar-refractivity contribution in [3.8, 4) is 11.7 Å². The lowest BCUT2D eigenvalue weighted by Gasteiger charge is -2.22. The maximum Gasteiger partial charge on any atom is 0.434 e. The minimum Gasteiger partial charge on any atom is -0.480 e. The minimum atomic E-state index is -4.85. The van der Waals surface area contributed by atoms with Gasteiger partial charge in [-0.25, -0.2) is 4.68 Å². The van der Waals surface area contributed by atoms with Crippen molar-refractivity contribution in [2.75, 3.05) is 30.4 Å². The molecule has 174 valence electrons. The molecular weight excluding hydrogens is 437 g/mol. The lowest BCUT2D eigenvalue weighted by atomic mass is 10.2. The van der Waals surface area contributed by atoms with Gasteiger partial charge in [0.1, 0.15) is 0 Å². The van der Waals surface area contributed by atoms with E-state index in [2.05, 4.69) is 25.5 Å². The quantitative estimate of drug-likeness (QED) is 0.610. The van der Waals surface area contributed by atoms with Crippen molar-refractivity contribution in [3.63, 3.8) is 0 Å². The number of alkyl halides is 3. The Kier molecular flexibility index (Phi) is 6.47. The van der Waals surface area contributed by atoms with Gasteiger partial charge in [0.15, 0.2) is 11.5 Å². The summed E-state index contributed by atoms with van der Waals surface area (Å²) in [7, 11) is 1.36. The predicted octanol–water partition coefficient (Wildman–Crippen LogP) is 4.32. The van der Waals surface area contributed by atoms with Crippen LogP contribution in [0, 0.1) is 0 Å². The molecule has 3 heterocycles. The number of hydrogen-bond donors (Lipinski definition) is 1. The van der Waals surface area contributed by atoms with Crippen molar-refractivity contribution < 1.29 is 22.7 Å². The lowest BCUT2D eigenvalue weighted by molar-refractivity contribution is -0.143. The SMILES string of the molecule is COc1ccc(-n2ncc(C(=O)Nc3ccc(N4CCCCCC4)cc3)c2C(F)(F)F)nn1. The summed E-state index contributed by atoms with van der Waals surface area (Å²) in [5.74, 6) is -0.970. The van der Waals surface area contributed by atoms with Crippen molar-refractivity contribution in [2.45, 2.75) is 31.9 Å². The first-order chi connectivity index (χ1) is 15.9. The molecule has 1 N–H and O–H groups in total. The summed E-state index contributed by atoms with van der Waals surface area (Å²) in [6.07, 6.45) is 0.698. The number of amides is 1. The van der Waals surface area contributed by atoms with E-state index in [-0.39, 0.29) is 11.7 Å². The molecule has 0 aliphatic carbocycles. The topological polar surface area (TPSA) is 85.2 Å². The van der Waals surface area contributed by atoms with Crippen molar-refractivity contribution >= 4 is 17.3 Å². The van der Waals surface area contributed by atoms with Gasteiger partial charge in [-0.3, -0.25) is 4.79 Å². The monoisotopic (exact) mass is 460 g/mol. The number of rotatable bonds is 5. The molecule has 0 radical (unpaired) electrons. The molecule has 4 rings (SSSR count). The van der Waals surface area contributed by atoms with Crippen molar-refractivity contribution in [1.29, 1.82) is 0 Å². The van der Waals surface area contributed by atoms with Gasteiger partial charge >= 0.3 is 6.18 Å². The number of aromatic nitrogens is 4. The fourth-order valence-electron chi connectivity index (χ4n) is 3.78. The molecule has 0 atom stereocenters. The fraction of sp³-hybridized carbons (Fsp3) is 0.364. The van der Waals surface area contributed by atoms with Gasteiger partial charge in [-0.05, 0) is 43.2 Å². The van der Waals surface area contributed by atoms with Crippen molar-refractivity contribution in [1.82, 2.24) is 20.0 Å². The van der Waals surface area contributed by atoms with E-state index < -0.39 is 23.3 Å². The Morgan fingerprint density at radius 3 is 2.27 bits per heavy atom. The Morgan fingerprint density at radius 2 is 1.70 bits per heavy atom. The third-order valence-electron chi connectivity index (χ3n) is 5.43. The number of methoxy groups -OCH3 is 1. The second-order valence-corrected chi connectivity index (χ2v) is 7.65. The molecule has 0 saturated carbocycles. The molecule has 11 heteroatoms. The van der Waals surface area contributed by atoms with Gasteiger partial charge in [-0.1, -0.05) is 12.8 Å². The summed E-state index contributed by atoms with van der Waals surface area (Å²) in [5.41, 5.74) is -0.433. The zero-order valence-corrected chi connectivity index (χ0v) is 18.0. The number of nitrogens with zero attached hydrogens (tertiary/aromatic N) is 5. The fourth-order valence-corrected chi connectivity index (χ4v) is 3.78. The van der Waals surface area contributed by atoms with Gasteiger partial charge in [-0.15, -0.1) is 10.2 Å². The normalized spacial score (nSPS) is 14.6. The minimum absolute atomic E-state index is 0.140. The number of benzene rings is 1. The molecular formula is C22H23F3N6O2. The van der Waals surface area contributed by atoms with Crippen LogP contribution in [0.5, 0.6) is 5.88 Å². The number of hydrogen-bond acceptors (Lipinski definition) is 6. The van der Waals surface area contributed by atoms with Crippen LogP contribution in [-0.4, -0.2) is 46.1 Å². The maximum absolute atomic E-state index is 13.8. The summed E-state index contributed by atoms with van der Waals surface area (Å²) >= 11 is 0. The van der Waals surface area contributed by atoms with Gasteiger partial charge < -0.3 is 15.0 Å². The summed E-state index contributed by atoms with van der Waals surface area (Å²) < 4.78 is 47.0. The molecule has 2 aromatic heterocycles. The van der Waals surface area contributed by atoms with E-state index in [0.29, 0.717) is 10.4 Å². The Hall–Kier alpha value is -3.63. The number of anilines is 2. The average Bonchev–Trinajstić information content (AvgIpc) is 3.10. The summed E-state index contributed by atoms with van der Waals surface area (Å²) in [4.78, 5) is 15.0. The molecule has 0 unspecified atom stereocenters. The largest absolute Gasteiger partial charge is 0.480 e. The van der Waals surface area contributed by atoms with Crippen molar-refractivity contribution in [2.24, 2.45) is 0 Å². The van der Waals surface area contributed by atoms with Crippen LogP contribution in [0.1, 0.15) is 41.7 Å². The number of carbonyl (C=O) groups is 1. The van der Waals surface area contributed by atoms with E-state index in [1.165, 1.54) is 32.1 Å².